The van der Waals surface area contributed by atoms with Crippen LogP contribution in [0.1, 0.15) is 25.0 Å². The third-order valence-electron chi connectivity index (χ3n) is 3.92. The average Bonchev–Trinajstić information content (AvgIpc) is 2.72. The van der Waals surface area contributed by atoms with Crippen molar-refractivity contribution in [1.82, 2.24) is 0 Å². The van der Waals surface area contributed by atoms with Gasteiger partial charge in [-0.2, -0.15) is 0 Å². The summed E-state index contributed by atoms with van der Waals surface area (Å²) in [4.78, 5) is 0. The summed E-state index contributed by atoms with van der Waals surface area (Å²) in [5.74, 6) is 0. The second-order valence-corrected chi connectivity index (χ2v) is 5.63. The Balaban J connectivity index is 1.97. The van der Waals surface area contributed by atoms with Crippen LogP contribution in [0.2, 0.25) is 0 Å². The number of rotatable bonds is 2. The first-order valence-corrected chi connectivity index (χ1v) is 6.82. The monoisotopic (exact) mass is 262 g/mol. The zero-order valence-corrected chi connectivity index (χ0v) is 11.8. The molecular formula is C18H18N2. The van der Waals surface area contributed by atoms with Gasteiger partial charge in [-0.25, -0.2) is 0 Å². The van der Waals surface area contributed by atoms with Crippen molar-refractivity contribution in [3.63, 3.8) is 0 Å². The van der Waals surface area contributed by atoms with Crippen molar-refractivity contribution in [2.75, 3.05) is 5.32 Å². The third-order valence-corrected chi connectivity index (χ3v) is 3.92. The maximum Gasteiger partial charge on any atom is 0.0629 e. The van der Waals surface area contributed by atoms with E-state index in [2.05, 4.69) is 37.4 Å². The van der Waals surface area contributed by atoms with Crippen LogP contribution < -0.4 is 5.32 Å². The van der Waals surface area contributed by atoms with E-state index in [1.54, 1.807) is 0 Å². The van der Waals surface area contributed by atoms with Crippen molar-refractivity contribution in [1.29, 1.82) is 5.41 Å². The standard InChI is InChI=1S/C18H18N2/c1-18(2)14-10-6-7-11-16(14)20-17(18)12-15(19)13-8-4-3-5-9-13/h3-12,19-20H,1-2H3. The molecule has 0 spiro atoms. The summed E-state index contributed by atoms with van der Waals surface area (Å²) in [5, 5.41) is 11.7. The molecule has 0 atom stereocenters. The zero-order chi connectivity index (χ0) is 14.2. The van der Waals surface area contributed by atoms with E-state index >= 15 is 0 Å². The van der Waals surface area contributed by atoms with Crippen LogP contribution in [0.25, 0.3) is 0 Å². The van der Waals surface area contributed by atoms with Gasteiger partial charge in [0.25, 0.3) is 0 Å². The molecule has 3 rings (SSSR count). The molecular weight excluding hydrogens is 244 g/mol. The molecule has 0 bridgehead atoms. The van der Waals surface area contributed by atoms with Crippen molar-refractivity contribution < 1.29 is 0 Å². The summed E-state index contributed by atoms with van der Waals surface area (Å²) in [6.07, 6.45) is 1.94. The highest BCUT2D eigenvalue weighted by Crippen LogP contribution is 2.42. The van der Waals surface area contributed by atoms with Crippen LogP contribution in [0, 0.1) is 5.41 Å². The van der Waals surface area contributed by atoms with E-state index in [0.717, 1.165) is 16.9 Å². The van der Waals surface area contributed by atoms with E-state index in [4.69, 9.17) is 5.41 Å². The molecule has 1 aliphatic rings. The highest BCUT2D eigenvalue weighted by molar-refractivity contribution is 6.07. The number of fused-ring (bicyclic) bond motifs is 1. The quantitative estimate of drug-likeness (QED) is 0.776. The molecule has 0 unspecified atom stereocenters. The summed E-state index contributed by atoms with van der Waals surface area (Å²) < 4.78 is 0. The zero-order valence-electron chi connectivity index (χ0n) is 11.8. The second-order valence-electron chi connectivity index (χ2n) is 5.63. The van der Waals surface area contributed by atoms with E-state index in [0.29, 0.717) is 5.71 Å². The van der Waals surface area contributed by atoms with Crippen LogP contribution in [0.3, 0.4) is 0 Å². The Morgan fingerprint density at radius 2 is 1.65 bits per heavy atom. The molecule has 0 aliphatic carbocycles. The molecule has 0 aromatic heterocycles. The van der Waals surface area contributed by atoms with Gasteiger partial charge in [0.05, 0.1) is 5.71 Å². The molecule has 2 aromatic rings. The van der Waals surface area contributed by atoms with E-state index in [-0.39, 0.29) is 5.41 Å². The fourth-order valence-electron chi connectivity index (χ4n) is 2.65. The molecule has 2 heteroatoms. The van der Waals surface area contributed by atoms with Gasteiger partial charge >= 0.3 is 0 Å². The van der Waals surface area contributed by atoms with Crippen LogP contribution in [0.15, 0.2) is 66.4 Å². The average molecular weight is 262 g/mol. The Bertz CT molecular complexity index is 682. The van der Waals surface area contributed by atoms with Crippen molar-refractivity contribution in [2.24, 2.45) is 0 Å². The van der Waals surface area contributed by atoms with Crippen LogP contribution in [-0.4, -0.2) is 5.71 Å². The number of hydrogen-bond acceptors (Lipinski definition) is 2. The maximum absolute atomic E-state index is 8.26. The molecule has 0 saturated carbocycles. The topological polar surface area (TPSA) is 35.9 Å². The second kappa shape index (κ2) is 4.64. The molecule has 0 fully saturated rings. The van der Waals surface area contributed by atoms with E-state index in [1.807, 2.05) is 42.5 Å². The van der Waals surface area contributed by atoms with Crippen LogP contribution >= 0.6 is 0 Å². The van der Waals surface area contributed by atoms with E-state index < -0.39 is 0 Å². The molecule has 2 N–H and O–H groups in total. The highest BCUT2D eigenvalue weighted by Gasteiger charge is 2.34. The van der Waals surface area contributed by atoms with Gasteiger partial charge in [0.15, 0.2) is 0 Å². The smallest absolute Gasteiger partial charge is 0.0629 e. The molecule has 0 amide bonds. The Labute approximate surface area is 119 Å². The molecule has 2 nitrogen and oxygen atoms in total. The van der Waals surface area contributed by atoms with E-state index in [9.17, 15) is 0 Å². The molecule has 1 aliphatic heterocycles. The molecule has 100 valence electrons. The predicted molar refractivity (Wildman–Crippen MR) is 84.4 cm³/mol. The summed E-state index contributed by atoms with van der Waals surface area (Å²) in [7, 11) is 0. The minimum absolute atomic E-state index is 0.0856. The van der Waals surface area contributed by atoms with Gasteiger partial charge in [-0.3, -0.25) is 0 Å². The van der Waals surface area contributed by atoms with Crippen molar-refractivity contribution in [2.45, 2.75) is 19.3 Å². The Kier molecular flexibility index (Phi) is 2.94. The number of benzene rings is 2. The van der Waals surface area contributed by atoms with Crippen LogP contribution in [-0.2, 0) is 5.41 Å². The minimum atomic E-state index is -0.0856. The highest BCUT2D eigenvalue weighted by atomic mass is 15.0. The van der Waals surface area contributed by atoms with Gasteiger partial charge in [-0.1, -0.05) is 62.4 Å². The fourth-order valence-corrected chi connectivity index (χ4v) is 2.65. The first-order chi connectivity index (χ1) is 9.59. The maximum atomic E-state index is 8.26. The molecule has 1 heterocycles. The van der Waals surface area contributed by atoms with Crippen molar-refractivity contribution in [3.05, 3.63) is 77.5 Å². The van der Waals surface area contributed by atoms with Gasteiger partial charge in [-0.15, -0.1) is 0 Å². The van der Waals surface area contributed by atoms with Gasteiger partial charge < -0.3 is 10.7 Å². The Hall–Kier alpha value is -2.35. The fraction of sp³-hybridized carbons (Fsp3) is 0.167. The third kappa shape index (κ3) is 2.03. The summed E-state index contributed by atoms with van der Waals surface area (Å²) >= 11 is 0. The Morgan fingerprint density at radius 3 is 2.35 bits per heavy atom. The van der Waals surface area contributed by atoms with Gasteiger partial charge in [0, 0.05) is 16.8 Å². The molecule has 0 radical (unpaired) electrons. The lowest BCUT2D eigenvalue weighted by Crippen LogP contribution is -2.18. The SMILES string of the molecule is CC1(C)C(=CC(=N)c2ccccc2)Nc2ccccc21. The molecule has 20 heavy (non-hydrogen) atoms. The number of anilines is 1. The first-order valence-electron chi connectivity index (χ1n) is 6.82. The van der Waals surface area contributed by atoms with Gasteiger partial charge in [-0.05, 0) is 23.3 Å². The lowest BCUT2D eigenvalue weighted by atomic mass is 9.83. The number of nitrogens with one attached hydrogen (secondary N) is 2. The first kappa shape index (κ1) is 12.7. The largest absolute Gasteiger partial charge is 0.358 e. The summed E-state index contributed by atoms with van der Waals surface area (Å²) in [6.45, 7) is 4.38. The number of allylic oxidation sites excluding steroid dienone is 2. The summed E-state index contributed by atoms with van der Waals surface area (Å²) in [5.41, 5.74) is 4.89. The lowest BCUT2D eigenvalue weighted by molar-refractivity contribution is 0.655. The van der Waals surface area contributed by atoms with Crippen LogP contribution in [0.5, 0.6) is 0 Å². The van der Waals surface area contributed by atoms with Crippen molar-refractivity contribution >= 4 is 11.4 Å². The van der Waals surface area contributed by atoms with Crippen molar-refractivity contribution in [3.8, 4) is 0 Å². The number of para-hydroxylation sites is 1. The van der Waals surface area contributed by atoms with Gasteiger partial charge in [0.2, 0.25) is 0 Å². The Morgan fingerprint density at radius 1 is 1.00 bits per heavy atom. The predicted octanol–water partition coefficient (Wildman–Crippen LogP) is 4.34. The number of hydrogen-bond donors (Lipinski definition) is 2. The minimum Gasteiger partial charge on any atom is -0.358 e. The molecule has 2 aromatic carbocycles. The van der Waals surface area contributed by atoms with E-state index in [1.165, 1.54) is 5.56 Å². The summed E-state index contributed by atoms with van der Waals surface area (Å²) in [6, 6.07) is 18.2. The van der Waals surface area contributed by atoms with Gasteiger partial charge in [0.1, 0.15) is 0 Å². The lowest BCUT2D eigenvalue weighted by Gasteiger charge is -2.20. The molecule has 0 saturated heterocycles. The normalized spacial score (nSPS) is 17.6. The van der Waals surface area contributed by atoms with Crippen LogP contribution in [0.4, 0.5) is 5.69 Å².